The predicted octanol–water partition coefficient (Wildman–Crippen LogP) is 1.83. The molecule has 0 saturated carbocycles. The number of benzene rings is 1. The first kappa shape index (κ1) is 13.8. The summed E-state index contributed by atoms with van der Waals surface area (Å²) in [6.07, 6.45) is 10.4. The van der Waals surface area contributed by atoms with E-state index in [2.05, 4.69) is 29.3 Å². The summed E-state index contributed by atoms with van der Waals surface area (Å²) in [6, 6.07) is 7.23. The fourth-order valence-corrected chi connectivity index (χ4v) is 3.03. The Bertz CT molecular complexity index is 789. The number of carbonyl (C=O) groups excluding carboxylic acids is 1. The van der Waals surface area contributed by atoms with Crippen LogP contribution in [0.2, 0.25) is 0 Å². The Labute approximate surface area is 134 Å². The van der Waals surface area contributed by atoms with Crippen molar-refractivity contribution in [3.05, 3.63) is 71.2 Å². The van der Waals surface area contributed by atoms with E-state index in [9.17, 15) is 4.79 Å². The maximum atomic E-state index is 11.1. The fourth-order valence-electron chi connectivity index (χ4n) is 3.03. The third-order valence-electron chi connectivity index (χ3n) is 4.46. The number of aromatic nitrogens is 2. The van der Waals surface area contributed by atoms with Crippen molar-refractivity contribution in [2.24, 2.45) is 5.73 Å². The summed E-state index contributed by atoms with van der Waals surface area (Å²) >= 11 is 0. The summed E-state index contributed by atoms with van der Waals surface area (Å²) in [5.74, 6) is -0.410. The molecule has 0 spiro atoms. The highest BCUT2D eigenvalue weighted by Gasteiger charge is 2.19. The van der Waals surface area contributed by atoms with Gasteiger partial charge in [0.25, 0.3) is 0 Å². The van der Waals surface area contributed by atoms with Crippen LogP contribution in [-0.2, 0) is 12.8 Å². The van der Waals surface area contributed by atoms with Crippen LogP contribution in [-0.4, -0.2) is 33.7 Å². The smallest absolute Gasteiger partial charge is 0.248 e. The highest BCUT2D eigenvalue weighted by Crippen LogP contribution is 2.22. The van der Waals surface area contributed by atoms with Crippen LogP contribution in [0.5, 0.6) is 0 Å². The second kappa shape index (κ2) is 5.43. The van der Waals surface area contributed by atoms with Crippen LogP contribution in [0, 0.1) is 0 Å². The minimum absolute atomic E-state index is 0.410. The van der Waals surface area contributed by atoms with E-state index in [0.717, 1.165) is 37.3 Å². The molecule has 5 nitrogen and oxygen atoms in total. The van der Waals surface area contributed by atoms with Gasteiger partial charge in [0.1, 0.15) is 0 Å². The van der Waals surface area contributed by atoms with Gasteiger partial charge in [0.15, 0.2) is 0 Å². The van der Waals surface area contributed by atoms with Gasteiger partial charge in [0, 0.05) is 37.0 Å². The summed E-state index contributed by atoms with van der Waals surface area (Å²) in [6.45, 7) is 2.02. The molecule has 1 amide bonds. The molecule has 0 radical (unpaired) electrons. The largest absolute Gasteiger partial charge is 0.371 e. The minimum atomic E-state index is -0.410. The van der Waals surface area contributed by atoms with Crippen molar-refractivity contribution in [2.45, 2.75) is 12.8 Å². The summed E-state index contributed by atoms with van der Waals surface area (Å²) < 4.78 is 1.90. The topological polar surface area (TPSA) is 64.2 Å². The summed E-state index contributed by atoms with van der Waals surface area (Å²) in [5.41, 5.74) is 10.5. The van der Waals surface area contributed by atoms with Gasteiger partial charge in [-0.05, 0) is 48.4 Å². The Kier molecular flexibility index (Phi) is 3.26. The molecular formula is C18H18N4O. The molecule has 23 heavy (non-hydrogen) atoms. The van der Waals surface area contributed by atoms with Crippen molar-refractivity contribution >= 4 is 5.91 Å². The van der Waals surface area contributed by atoms with E-state index in [-0.39, 0.29) is 0 Å². The number of nitrogens with zero attached hydrogens (tertiary/aromatic N) is 3. The molecule has 116 valence electrons. The van der Waals surface area contributed by atoms with Crippen LogP contribution in [0.3, 0.4) is 0 Å². The van der Waals surface area contributed by atoms with Crippen molar-refractivity contribution in [1.29, 1.82) is 0 Å². The van der Waals surface area contributed by atoms with Crippen molar-refractivity contribution in [1.82, 2.24) is 14.7 Å². The number of primary amides is 1. The number of hydrogen-bond acceptors (Lipinski definition) is 3. The first-order chi connectivity index (χ1) is 11.2. The van der Waals surface area contributed by atoms with Crippen LogP contribution < -0.4 is 5.73 Å². The number of rotatable bonds is 3. The SMILES string of the molecule is NC(=O)c1ccc(-n2cc3c(n2)CCN(C2=CC=C2)CC3)cc1. The number of hydrogen-bond donors (Lipinski definition) is 1. The van der Waals surface area contributed by atoms with Crippen LogP contribution in [0.4, 0.5) is 0 Å². The molecule has 1 aliphatic carbocycles. The molecule has 1 aromatic heterocycles. The Balaban J connectivity index is 1.54. The minimum Gasteiger partial charge on any atom is -0.371 e. The zero-order valence-electron chi connectivity index (χ0n) is 12.8. The van der Waals surface area contributed by atoms with Gasteiger partial charge in [0.05, 0.1) is 11.4 Å². The lowest BCUT2D eigenvalue weighted by molar-refractivity contribution is 0.100. The number of amides is 1. The predicted molar refractivity (Wildman–Crippen MR) is 88.3 cm³/mol. The molecule has 5 heteroatoms. The lowest BCUT2D eigenvalue weighted by atomic mass is 10.1. The molecule has 1 aromatic carbocycles. The molecule has 2 aliphatic rings. The second-order valence-corrected chi connectivity index (χ2v) is 5.89. The van der Waals surface area contributed by atoms with Crippen LogP contribution in [0.15, 0.2) is 54.4 Å². The molecule has 4 rings (SSSR count). The first-order valence-corrected chi connectivity index (χ1v) is 7.82. The molecule has 2 N–H and O–H groups in total. The molecule has 0 atom stereocenters. The van der Waals surface area contributed by atoms with Gasteiger partial charge in [-0.25, -0.2) is 4.68 Å². The van der Waals surface area contributed by atoms with Gasteiger partial charge in [-0.1, -0.05) is 6.08 Å². The zero-order chi connectivity index (χ0) is 15.8. The second-order valence-electron chi connectivity index (χ2n) is 5.89. The molecule has 2 aromatic rings. The van der Waals surface area contributed by atoms with Crippen LogP contribution in [0.25, 0.3) is 5.69 Å². The van der Waals surface area contributed by atoms with E-state index in [1.807, 2.05) is 16.8 Å². The van der Waals surface area contributed by atoms with Crippen molar-refractivity contribution in [3.63, 3.8) is 0 Å². The molecule has 0 bridgehead atoms. The molecular weight excluding hydrogens is 288 g/mol. The maximum Gasteiger partial charge on any atom is 0.248 e. The van der Waals surface area contributed by atoms with Gasteiger partial charge in [-0.3, -0.25) is 4.79 Å². The van der Waals surface area contributed by atoms with Crippen LogP contribution in [0.1, 0.15) is 21.6 Å². The Morgan fingerprint density at radius 1 is 1.13 bits per heavy atom. The Hall–Kier alpha value is -2.82. The normalized spacial score (nSPS) is 16.3. The van der Waals surface area contributed by atoms with Gasteiger partial charge < -0.3 is 10.6 Å². The van der Waals surface area contributed by atoms with E-state index in [1.54, 1.807) is 12.1 Å². The van der Waals surface area contributed by atoms with Gasteiger partial charge in [-0.2, -0.15) is 5.10 Å². The summed E-state index contributed by atoms with van der Waals surface area (Å²) in [4.78, 5) is 13.6. The highest BCUT2D eigenvalue weighted by molar-refractivity contribution is 5.92. The first-order valence-electron chi connectivity index (χ1n) is 7.82. The molecule has 1 aliphatic heterocycles. The van der Waals surface area contributed by atoms with E-state index in [4.69, 9.17) is 10.8 Å². The standard InChI is InChI=1S/C18H18N4O/c19-18(23)13-4-6-16(7-5-13)22-12-14-8-10-21(15-2-1-3-15)11-9-17(14)20-22/h1-7,12H,8-11H2,(H2,19,23). The van der Waals surface area contributed by atoms with Gasteiger partial charge >= 0.3 is 0 Å². The third-order valence-corrected chi connectivity index (χ3v) is 4.46. The maximum absolute atomic E-state index is 11.1. The number of fused-ring (bicyclic) bond motifs is 1. The summed E-state index contributed by atoms with van der Waals surface area (Å²) in [7, 11) is 0. The van der Waals surface area contributed by atoms with E-state index >= 15 is 0 Å². The van der Waals surface area contributed by atoms with Gasteiger partial charge in [-0.15, -0.1) is 0 Å². The third kappa shape index (κ3) is 2.54. The van der Waals surface area contributed by atoms with Crippen molar-refractivity contribution in [3.8, 4) is 5.69 Å². The van der Waals surface area contributed by atoms with Crippen molar-refractivity contribution in [2.75, 3.05) is 13.1 Å². The highest BCUT2D eigenvalue weighted by atomic mass is 16.1. The number of carbonyl (C=O) groups is 1. The molecule has 2 heterocycles. The fraction of sp³-hybridized carbons (Fsp3) is 0.222. The Morgan fingerprint density at radius 3 is 2.52 bits per heavy atom. The van der Waals surface area contributed by atoms with Crippen molar-refractivity contribution < 1.29 is 4.79 Å². The average molecular weight is 306 g/mol. The quantitative estimate of drug-likeness (QED) is 0.941. The lowest BCUT2D eigenvalue weighted by Crippen LogP contribution is -2.26. The monoisotopic (exact) mass is 306 g/mol. The van der Waals surface area contributed by atoms with Crippen LogP contribution >= 0.6 is 0 Å². The molecule has 0 saturated heterocycles. The molecule has 0 fully saturated rings. The number of allylic oxidation sites excluding steroid dienone is 3. The lowest BCUT2D eigenvalue weighted by Gasteiger charge is -2.26. The van der Waals surface area contributed by atoms with E-state index < -0.39 is 5.91 Å². The average Bonchev–Trinajstić information content (AvgIpc) is 2.82. The van der Waals surface area contributed by atoms with E-state index in [1.165, 1.54) is 11.3 Å². The summed E-state index contributed by atoms with van der Waals surface area (Å²) in [5, 5.41) is 4.73. The number of nitrogens with two attached hydrogens (primary N) is 1. The zero-order valence-corrected chi connectivity index (χ0v) is 12.8. The van der Waals surface area contributed by atoms with Gasteiger partial charge in [0.2, 0.25) is 5.91 Å². The van der Waals surface area contributed by atoms with E-state index in [0.29, 0.717) is 5.56 Å². The molecule has 0 unspecified atom stereocenters. The Morgan fingerprint density at radius 2 is 1.87 bits per heavy atom.